The van der Waals surface area contributed by atoms with Crippen LogP contribution in [0.15, 0.2) is 60.7 Å². The number of amides is 2. The highest BCUT2D eigenvalue weighted by molar-refractivity contribution is 6.31. The van der Waals surface area contributed by atoms with Crippen molar-refractivity contribution >= 4 is 40.5 Å². The van der Waals surface area contributed by atoms with Crippen LogP contribution in [0.5, 0.6) is 5.75 Å². The summed E-state index contributed by atoms with van der Waals surface area (Å²) in [5.41, 5.74) is 4.21. The number of aryl methyl sites for hydroxylation is 2. The molecule has 0 fully saturated rings. The van der Waals surface area contributed by atoms with E-state index in [9.17, 15) is 9.59 Å². The van der Waals surface area contributed by atoms with Crippen LogP contribution in [0.4, 0.5) is 17.1 Å². The number of hydrogen-bond donors (Lipinski definition) is 3. The van der Waals surface area contributed by atoms with E-state index in [-0.39, 0.29) is 18.4 Å². The number of carbonyl (C=O) groups is 2. The van der Waals surface area contributed by atoms with Gasteiger partial charge >= 0.3 is 0 Å². The third kappa shape index (κ3) is 5.77. The van der Waals surface area contributed by atoms with Gasteiger partial charge in [0.05, 0.1) is 19.3 Å². The van der Waals surface area contributed by atoms with E-state index in [1.165, 1.54) is 7.11 Å². The summed E-state index contributed by atoms with van der Waals surface area (Å²) in [6.07, 6.45) is 0. The van der Waals surface area contributed by atoms with Crippen LogP contribution in [-0.2, 0) is 4.79 Å². The van der Waals surface area contributed by atoms with Crippen molar-refractivity contribution in [3.63, 3.8) is 0 Å². The van der Waals surface area contributed by atoms with Crippen molar-refractivity contribution in [3.8, 4) is 5.75 Å². The molecule has 3 aromatic carbocycles. The molecule has 31 heavy (non-hydrogen) atoms. The van der Waals surface area contributed by atoms with Gasteiger partial charge in [-0.15, -0.1) is 0 Å². The molecule has 0 bridgehead atoms. The number of rotatable bonds is 7. The average Bonchev–Trinajstić information content (AvgIpc) is 2.76. The molecule has 0 saturated carbocycles. The highest BCUT2D eigenvalue weighted by Gasteiger charge is 2.12. The average molecular weight is 438 g/mol. The van der Waals surface area contributed by atoms with Crippen molar-refractivity contribution < 1.29 is 14.3 Å². The molecule has 0 unspecified atom stereocenters. The first-order chi connectivity index (χ1) is 14.9. The van der Waals surface area contributed by atoms with Crippen molar-refractivity contribution in [1.82, 2.24) is 0 Å². The summed E-state index contributed by atoms with van der Waals surface area (Å²) >= 11 is 6.11. The van der Waals surface area contributed by atoms with Gasteiger partial charge in [-0.3, -0.25) is 9.59 Å². The van der Waals surface area contributed by atoms with Crippen LogP contribution in [0.1, 0.15) is 21.5 Å². The Hall–Kier alpha value is -3.51. The first-order valence-electron chi connectivity index (χ1n) is 9.72. The standard InChI is InChI=1S/C24H24ClN3O3/c1-15-9-10-17(24(30)27-18-7-5-4-6-8-18)12-20(15)26-14-23(29)28-21-11-16(2)19(25)13-22(21)31-3/h4-13,26H,14H2,1-3H3,(H,27,30)(H,28,29). The molecule has 3 rings (SSSR count). The van der Waals surface area contributed by atoms with Gasteiger partial charge in [-0.05, 0) is 55.3 Å². The highest BCUT2D eigenvalue weighted by Crippen LogP contribution is 2.31. The fourth-order valence-corrected chi connectivity index (χ4v) is 3.13. The smallest absolute Gasteiger partial charge is 0.255 e. The maximum absolute atomic E-state index is 12.5. The van der Waals surface area contributed by atoms with Gasteiger partial charge < -0.3 is 20.7 Å². The van der Waals surface area contributed by atoms with Gasteiger partial charge in [0.25, 0.3) is 5.91 Å². The van der Waals surface area contributed by atoms with Crippen molar-refractivity contribution in [3.05, 3.63) is 82.4 Å². The molecule has 3 aromatic rings. The van der Waals surface area contributed by atoms with Gasteiger partial charge in [-0.1, -0.05) is 35.9 Å². The molecule has 0 spiro atoms. The molecule has 0 aliphatic rings. The Balaban J connectivity index is 1.66. The first-order valence-corrected chi connectivity index (χ1v) is 10.1. The minimum absolute atomic E-state index is 0.0232. The molecule has 0 aliphatic heterocycles. The summed E-state index contributed by atoms with van der Waals surface area (Å²) in [4.78, 5) is 25.0. The van der Waals surface area contributed by atoms with Gasteiger partial charge in [0.15, 0.2) is 0 Å². The molecule has 160 valence electrons. The molecule has 3 N–H and O–H groups in total. The van der Waals surface area contributed by atoms with E-state index in [4.69, 9.17) is 16.3 Å². The van der Waals surface area contributed by atoms with E-state index in [2.05, 4.69) is 16.0 Å². The van der Waals surface area contributed by atoms with E-state index in [1.54, 1.807) is 24.3 Å². The number of benzene rings is 3. The Morgan fingerprint density at radius 2 is 1.65 bits per heavy atom. The quantitative estimate of drug-likeness (QED) is 0.470. The fraction of sp³-hybridized carbons (Fsp3) is 0.167. The van der Waals surface area contributed by atoms with Crippen LogP contribution in [-0.4, -0.2) is 25.5 Å². The summed E-state index contributed by atoms with van der Waals surface area (Å²) in [5, 5.41) is 9.34. The zero-order chi connectivity index (χ0) is 22.4. The molecular formula is C24H24ClN3O3. The monoisotopic (exact) mass is 437 g/mol. The molecule has 7 heteroatoms. The van der Waals surface area contributed by atoms with Gasteiger partial charge in [0.2, 0.25) is 5.91 Å². The first kappa shape index (κ1) is 22.2. The summed E-state index contributed by atoms with van der Waals surface area (Å²) in [7, 11) is 1.52. The maximum atomic E-state index is 12.5. The number of carbonyl (C=O) groups excluding carboxylic acids is 2. The Morgan fingerprint density at radius 1 is 0.903 bits per heavy atom. The second-order valence-electron chi connectivity index (χ2n) is 7.05. The van der Waals surface area contributed by atoms with Crippen molar-refractivity contribution in [2.24, 2.45) is 0 Å². The molecule has 0 radical (unpaired) electrons. The predicted molar refractivity (Wildman–Crippen MR) is 125 cm³/mol. The van der Waals surface area contributed by atoms with Gasteiger partial charge in [-0.25, -0.2) is 0 Å². The number of anilines is 3. The maximum Gasteiger partial charge on any atom is 0.255 e. The molecule has 2 amide bonds. The second kappa shape index (κ2) is 10.00. The van der Waals surface area contributed by atoms with Crippen LogP contribution in [0.25, 0.3) is 0 Å². The lowest BCUT2D eigenvalue weighted by molar-refractivity contribution is -0.114. The van der Waals surface area contributed by atoms with Crippen LogP contribution in [0.2, 0.25) is 5.02 Å². The van der Waals surface area contributed by atoms with E-state index in [0.717, 1.165) is 11.1 Å². The molecule has 6 nitrogen and oxygen atoms in total. The molecule has 0 aromatic heterocycles. The van der Waals surface area contributed by atoms with Crippen molar-refractivity contribution in [2.45, 2.75) is 13.8 Å². The Bertz CT molecular complexity index is 1100. The van der Waals surface area contributed by atoms with Crippen LogP contribution in [0, 0.1) is 13.8 Å². The Kier molecular flexibility index (Phi) is 7.15. The van der Waals surface area contributed by atoms with Crippen LogP contribution < -0.4 is 20.7 Å². The van der Waals surface area contributed by atoms with Crippen molar-refractivity contribution in [2.75, 3.05) is 29.6 Å². The second-order valence-corrected chi connectivity index (χ2v) is 7.46. The highest BCUT2D eigenvalue weighted by atomic mass is 35.5. The zero-order valence-electron chi connectivity index (χ0n) is 17.6. The molecule has 0 atom stereocenters. The number of nitrogens with one attached hydrogen (secondary N) is 3. The topological polar surface area (TPSA) is 79.5 Å². The third-order valence-electron chi connectivity index (χ3n) is 4.73. The molecule has 0 saturated heterocycles. The number of ether oxygens (including phenoxy) is 1. The minimum Gasteiger partial charge on any atom is -0.495 e. The van der Waals surface area contributed by atoms with E-state index < -0.39 is 0 Å². The molecule has 0 aliphatic carbocycles. The van der Waals surface area contributed by atoms with E-state index in [0.29, 0.717) is 33.4 Å². The van der Waals surface area contributed by atoms with Gasteiger partial charge in [0.1, 0.15) is 5.75 Å². The number of methoxy groups -OCH3 is 1. The zero-order valence-corrected chi connectivity index (χ0v) is 18.3. The normalized spacial score (nSPS) is 10.3. The van der Waals surface area contributed by atoms with Crippen LogP contribution in [0.3, 0.4) is 0 Å². The SMILES string of the molecule is COc1cc(Cl)c(C)cc1NC(=O)CNc1cc(C(=O)Nc2ccccc2)ccc1C. The third-order valence-corrected chi connectivity index (χ3v) is 5.13. The lowest BCUT2D eigenvalue weighted by atomic mass is 10.1. The molecule has 0 heterocycles. The van der Waals surface area contributed by atoms with Gasteiger partial charge in [-0.2, -0.15) is 0 Å². The summed E-state index contributed by atoms with van der Waals surface area (Å²) < 4.78 is 5.29. The fourth-order valence-electron chi connectivity index (χ4n) is 2.98. The number of para-hydroxylation sites is 1. The summed E-state index contributed by atoms with van der Waals surface area (Å²) in [6, 6.07) is 18.0. The number of hydrogen-bond acceptors (Lipinski definition) is 4. The van der Waals surface area contributed by atoms with Crippen LogP contribution >= 0.6 is 11.6 Å². The lowest BCUT2D eigenvalue weighted by Crippen LogP contribution is -2.22. The van der Waals surface area contributed by atoms with Gasteiger partial charge in [0, 0.05) is 28.0 Å². The largest absolute Gasteiger partial charge is 0.495 e. The lowest BCUT2D eigenvalue weighted by Gasteiger charge is -2.14. The van der Waals surface area contributed by atoms with E-state index >= 15 is 0 Å². The predicted octanol–water partition coefficient (Wildman–Crippen LogP) is 5.27. The Labute approximate surface area is 186 Å². The summed E-state index contributed by atoms with van der Waals surface area (Å²) in [6.45, 7) is 3.78. The Morgan fingerprint density at radius 3 is 2.35 bits per heavy atom. The number of halogens is 1. The van der Waals surface area contributed by atoms with E-state index in [1.807, 2.05) is 50.2 Å². The molecular weight excluding hydrogens is 414 g/mol. The summed E-state index contributed by atoms with van der Waals surface area (Å²) in [5.74, 6) is 0.0124. The minimum atomic E-state index is -0.251. The van der Waals surface area contributed by atoms with Crippen molar-refractivity contribution in [1.29, 1.82) is 0 Å².